The highest BCUT2D eigenvalue weighted by Crippen LogP contribution is 2.38. The number of aryl methyl sites for hydroxylation is 1. The molecule has 12 heteroatoms. The van der Waals surface area contributed by atoms with Crippen molar-refractivity contribution in [3.05, 3.63) is 53.6 Å². The number of sulfonamides is 1. The van der Waals surface area contributed by atoms with Gasteiger partial charge in [-0.1, -0.05) is 12.1 Å². The molecule has 158 valence electrons. The Labute approximate surface area is 179 Å². The quantitative estimate of drug-likeness (QED) is 0.537. The maximum atomic E-state index is 12.3. The fourth-order valence-corrected chi connectivity index (χ4v) is 3.51. The molecule has 1 aromatic heterocycles. The number of hydrogen-bond acceptors (Lipinski definition) is 7. The van der Waals surface area contributed by atoms with Crippen molar-refractivity contribution in [2.75, 3.05) is 11.6 Å². The molecule has 2 unspecified atom stereocenters. The molecule has 0 bridgehead atoms. The molecular weight excluding hydrogens is 442 g/mol. The summed E-state index contributed by atoms with van der Waals surface area (Å²) in [6, 6.07) is 12.6. The van der Waals surface area contributed by atoms with Crippen molar-refractivity contribution in [2.45, 2.75) is 11.8 Å². The summed E-state index contributed by atoms with van der Waals surface area (Å²) in [5.41, 5.74) is 3.27. The first-order chi connectivity index (χ1) is 13.9. The highest BCUT2D eigenvalue weighted by Gasteiger charge is 2.18. The molecule has 0 radical (unpaired) electrons. The van der Waals surface area contributed by atoms with E-state index >= 15 is 0 Å². The molecule has 1 amide bonds. The molecule has 0 fully saturated rings. The second-order valence-electron chi connectivity index (χ2n) is 7.05. The van der Waals surface area contributed by atoms with Gasteiger partial charge < -0.3 is 5.32 Å². The number of carbonyl (C=O) groups is 1. The third kappa shape index (κ3) is 5.59. The molecule has 2 N–H and O–H groups in total. The molecule has 0 aliphatic heterocycles. The Morgan fingerprint density at radius 3 is 2.33 bits per heavy atom. The first-order valence-corrected chi connectivity index (χ1v) is 11.8. The van der Waals surface area contributed by atoms with Gasteiger partial charge >= 0.3 is 0 Å². The predicted octanol–water partition coefficient (Wildman–Crippen LogP) is 2.23. The molecular formula is C18H22N6O3P2S. The average Bonchev–Trinajstić information content (AvgIpc) is 3.06. The summed E-state index contributed by atoms with van der Waals surface area (Å²) in [6.07, 6.45) is 0.921. The van der Waals surface area contributed by atoms with Crippen LogP contribution in [0.5, 0.6) is 0 Å². The van der Waals surface area contributed by atoms with Gasteiger partial charge in [-0.25, -0.2) is 13.1 Å². The standard InChI is InChI=1S/C18H22N6O3P2S/c1-18(28,29)12-5-7-13(8-6-12)19-15-9-4-11(17(25)22-30(3,26)27)10-14(15)16-20-23-24(2)21-16/h4-10,19H,28-29H2,1-3H3,(H,22,25). The van der Waals surface area contributed by atoms with Crippen LogP contribution in [0.4, 0.5) is 11.4 Å². The molecule has 2 aromatic carbocycles. The number of carbonyl (C=O) groups excluding carboxylic acids is 1. The monoisotopic (exact) mass is 464 g/mol. The highest BCUT2D eigenvalue weighted by molar-refractivity contribution is 7.89. The van der Waals surface area contributed by atoms with Gasteiger partial charge in [0.1, 0.15) is 0 Å². The lowest BCUT2D eigenvalue weighted by Gasteiger charge is -2.19. The zero-order valence-corrected chi connectivity index (χ0v) is 19.7. The van der Waals surface area contributed by atoms with E-state index in [2.05, 4.69) is 46.1 Å². The molecule has 3 rings (SSSR count). The fraction of sp³-hybridized carbons (Fsp3) is 0.222. The average molecular weight is 464 g/mol. The van der Waals surface area contributed by atoms with Gasteiger partial charge in [0.15, 0.2) is 0 Å². The van der Waals surface area contributed by atoms with E-state index in [0.29, 0.717) is 17.1 Å². The topological polar surface area (TPSA) is 119 Å². The summed E-state index contributed by atoms with van der Waals surface area (Å²) < 4.78 is 24.7. The van der Waals surface area contributed by atoms with Gasteiger partial charge in [0, 0.05) is 27.4 Å². The molecule has 1 heterocycles. The Kier molecular flexibility index (Phi) is 6.22. The maximum Gasteiger partial charge on any atom is 0.264 e. The second kappa shape index (κ2) is 8.38. The number of benzene rings is 2. The van der Waals surface area contributed by atoms with Crippen LogP contribution in [0.1, 0.15) is 22.8 Å². The minimum absolute atomic E-state index is 0.123. The van der Waals surface area contributed by atoms with Crippen LogP contribution >= 0.6 is 18.5 Å². The first kappa shape index (κ1) is 22.3. The number of aromatic nitrogens is 4. The van der Waals surface area contributed by atoms with Crippen LogP contribution in [0.25, 0.3) is 11.4 Å². The number of anilines is 2. The lowest BCUT2D eigenvalue weighted by Crippen LogP contribution is -2.29. The number of nitrogens with one attached hydrogen (secondary N) is 2. The fourth-order valence-electron chi connectivity index (χ4n) is 2.67. The maximum absolute atomic E-state index is 12.3. The Hall–Kier alpha value is -2.41. The smallest absolute Gasteiger partial charge is 0.264 e. The predicted molar refractivity (Wildman–Crippen MR) is 123 cm³/mol. The normalized spacial score (nSPS) is 11.9. The zero-order chi connectivity index (χ0) is 22.1. The van der Waals surface area contributed by atoms with Crippen molar-refractivity contribution < 1.29 is 13.2 Å². The molecule has 30 heavy (non-hydrogen) atoms. The Bertz CT molecular complexity index is 1190. The molecule has 3 aromatic rings. The van der Waals surface area contributed by atoms with Gasteiger partial charge in [0.2, 0.25) is 15.8 Å². The second-order valence-corrected chi connectivity index (χ2v) is 11.9. The minimum atomic E-state index is -3.69. The van der Waals surface area contributed by atoms with Crippen molar-refractivity contribution in [1.82, 2.24) is 24.9 Å². The van der Waals surface area contributed by atoms with Gasteiger partial charge in [-0.3, -0.25) is 4.79 Å². The van der Waals surface area contributed by atoms with Crippen LogP contribution in [-0.2, 0) is 22.0 Å². The van der Waals surface area contributed by atoms with E-state index in [1.54, 1.807) is 13.1 Å². The van der Waals surface area contributed by atoms with E-state index in [9.17, 15) is 13.2 Å². The van der Waals surface area contributed by atoms with Crippen LogP contribution < -0.4 is 10.0 Å². The van der Waals surface area contributed by atoms with Gasteiger partial charge in [-0.2, -0.15) is 4.80 Å². The molecule has 2 atom stereocenters. The number of rotatable bonds is 6. The third-order valence-corrected chi connectivity index (χ3v) is 5.32. The van der Waals surface area contributed by atoms with Gasteiger partial charge in [0.05, 0.1) is 13.3 Å². The van der Waals surface area contributed by atoms with E-state index in [1.807, 2.05) is 29.0 Å². The van der Waals surface area contributed by atoms with E-state index < -0.39 is 15.9 Å². The van der Waals surface area contributed by atoms with Crippen molar-refractivity contribution in [3.63, 3.8) is 0 Å². The molecule has 9 nitrogen and oxygen atoms in total. The van der Waals surface area contributed by atoms with Gasteiger partial charge in [-0.05, 0) is 48.0 Å². The lowest BCUT2D eigenvalue weighted by atomic mass is 10.1. The van der Waals surface area contributed by atoms with Crippen LogP contribution in [0.3, 0.4) is 0 Å². The van der Waals surface area contributed by atoms with Crippen molar-refractivity contribution in [1.29, 1.82) is 0 Å². The number of nitrogens with zero attached hydrogens (tertiary/aromatic N) is 4. The number of tetrazole rings is 1. The van der Waals surface area contributed by atoms with Gasteiger partial charge in [0.25, 0.3) is 5.91 Å². The molecule has 0 aliphatic rings. The van der Waals surface area contributed by atoms with Crippen LogP contribution in [0.15, 0.2) is 42.5 Å². The zero-order valence-electron chi connectivity index (χ0n) is 16.6. The molecule has 0 aliphatic carbocycles. The Morgan fingerprint density at radius 1 is 1.13 bits per heavy atom. The van der Waals surface area contributed by atoms with E-state index in [0.717, 1.165) is 17.5 Å². The summed E-state index contributed by atoms with van der Waals surface area (Å²) in [4.78, 5) is 13.5. The summed E-state index contributed by atoms with van der Waals surface area (Å²) in [5, 5.41) is 15.4. The summed E-state index contributed by atoms with van der Waals surface area (Å²) in [5.74, 6) is -0.438. The number of hydrogen-bond donors (Lipinski definition) is 2. The van der Waals surface area contributed by atoms with Crippen LogP contribution in [0.2, 0.25) is 0 Å². The van der Waals surface area contributed by atoms with E-state index in [-0.39, 0.29) is 10.5 Å². The summed E-state index contributed by atoms with van der Waals surface area (Å²) >= 11 is 0. The van der Waals surface area contributed by atoms with Crippen LogP contribution in [0, 0.1) is 0 Å². The lowest BCUT2D eigenvalue weighted by molar-refractivity contribution is 0.0981. The highest BCUT2D eigenvalue weighted by atomic mass is 32.2. The minimum Gasteiger partial charge on any atom is -0.355 e. The SMILES string of the molecule is Cn1nnc(-c2cc(C(=O)NS(C)(=O)=O)ccc2Nc2ccc(C(C)(P)P)cc2)n1. The van der Waals surface area contributed by atoms with Crippen molar-refractivity contribution in [3.8, 4) is 11.4 Å². The largest absolute Gasteiger partial charge is 0.355 e. The molecule has 0 saturated carbocycles. The number of amides is 1. The van der Waals surface area contributed by atoms with Crippen molar-refractivity contribution >= 4 is 45.8 Å². The van der Waals surface area contributed by atoms with Crippen LogP contribution in [-0.4, -0.2) is 40.8 Å². The van der Waals surface area contributed by atoms with E-state index in [4.69, 9.17) is 0 Å². The Balaban J connectivity index is 1.98. The summed E-state index contributed by atoms with van der Waals surface area (Å²) in [7, 11) is 3.49. The van der Waals surface area contributed by atoms with Crippen molar-refractivity contribution in [2.24, 2.45) is 7.05 Å². The first-order valence-electron chi connectivity index (χ1n) is 8.78. The van der Waals surface area contributed by atoms with E-state index in [1.165, 1.54) is 16.9 Å². The molecule has 0 spiro atoms. The third-order valence-electron chi connectivity index (χ3n) is 4.09. The Morgan fingerprint density at radius 2 is 1.80 bits per heavy atom. The molecule has 0 saturated heterocycles. The summed E-state index contributed by atoms with van der Waals surface area (Å²) in [6.45, 7) is 2.07. The van der Waals surface area contributed by atoms with Gasteiger partial charge in [-0.15, -0.1) is 28.7 Å².